The molecule has 0 N–H and O–H groups in total. The molecule has 0 aromatic heterocycles. The number of benzene rings is 2. The second-order valence-electron chi connectivity index (χ2n) is 5.43. The van der Waals surface area contributed by atoms with E-state index in [0.29, 0.717) is 11.1 Å². The number of carbonyl (C=O) groups is 2. The van der Waals surface area contributed by atoms with Crippen LogP contribution in [-0.2, 0) is 4.74 Å². The highest BCUT2D eigenvalue weighted by molar-refractivity contribution is 5.96. The lowest BCUT2D eigenvalue weighted by Crippen LogP contribution is -2.29. The van der Waals surface area contributed by atoms with E-state index in [-0.39, 0.29) is 11.9 Å². The monoisotopic (exact) mass is 327 g/mol. The maximum absolute atomic E-state index is 12.6. The van der Waals surface area contributed by atoms with E-state index in [0.717, 1.165) is 11.3 Å². The molecule has 0 heterocycles. The number of nitrogens with zero attached hydrogens (tertiary/aromatic N) is 1. The summed E-state index contributed by atoms with van der Waals surface area (Å²) >= 11 is 0. The predicted molar refractivity (Wildman–Crippen MR) is 91.3 cm³/mol. The van der Waals surface area contributed by atoms with Gasteiger partial charge in [0.05, 0.1) is 25.8 Å². The number of esters is 1. The SMILES string of the molecule is COC(=O)c1ccc(C(=O)N(C)C(C)c2ccc(OC)cc2)cc1. The molecule has 0 aliphatic heterocycles. The third-order valence-electron chi connectivity index (χ3n) is 4.05. The molecule has 0 aliphatic carbocycles. The molecule has 126 valence electrons. The van der Waals surface area contributed by atoms with Crippen LogP contribution in [0.1, 0.15) is 39.2 Å². The first-order valence-corrected chi connectivity index (χ1v) is 7.57. The van der Waals surface area contributed by atoms with E-state index in [1.54, 1.807) is 43.3 Å². The highest BCUT2D eigenvalue weighted by Crippen LogP contribution is 2.23. The fraction of sp³-hybridized carbons (Fsp3) is 0.263. The Kier molecular flexibility index (Phi) is 5.58. The first-order valence-electron chi connectivity index (χ1n) is 7.57. The van der Waals surface area contributed by atoms with Gasteiger partial charge in [-0.3, -0.25) is 4.79 Å². The summed E-state index contributed by atoms with van der Waals surface area (Å²) in [6.07, 6.45) is 0. The lowest BCUT2D eigenvalue weighted by molar-refractivity contribution is 0.0599. The number of ether oxygens (including phenoxy) is 2. The fourth-order valence-electron chi connectivity index (χ4n) is 2.35. The summed E-state index contributed by atoms with van der Waals surface area (Å²) in [5, 5.41) is 0. The molecule has 1 amide bonds. The summed E-state index contributed by atoms with van der Waals surface area (Å²) in [6.45, 7) is 1.96. The van der Waals surface area contributed by atoms with Gasteiger partial charge < -0.3 is 14.4 Å². The number of hydrogen-bond acceptors (Lipinski definition) is 4. The second-order valence-corrected chi connectivity index (χ2v) is 5.43. The van der Waals surface area contributed by atoms with Crippen LogP contribution < -0.4 is 4.74 Å². The van der Waals surface area contributed by atoms with Crippen LogP contribution in [0, 0.1) is 0 Å². The number of hydrogen-bond donors (Lipinski definition) is 0. The van der Waals surface area contributed by atoms with E-state index in [4.69, 9.17) is 4.74 Å². The van der Waals surface area contributed by atoms with E-state index in [2.05, 4.69) is 4.74 Å². The van der Waals surface area contributed by atoms with Gasteiger partial charge in [-0.1, -0.05) is 12.1 Å². The van der Waals surface area contributed by atoms with Crippen molar-refractivity contribution in [3.8, 4) is 5.75 Å². The van der Waals surface area contributed by atoms with Crippen molar-refractivity contribution in [3.05, 3.63) is 65.2 Å². The molecule has 1 unspecified atom stereocenters. The highest BCUT2D eigenvalue weighted by atomic mass is 16.5. The van der Waals surface area contributed by atoms with Crippen LogP contribution >= 0.6 is 0 Å². The molecule has 0 saturated carbocycles. The Morgan fingerprint density at radius 1 is 0.917 bits per heavy atom. The van der Waals surface area contributed by atoms with E-state index < -0.39 is 5.97 Å². The molecule has 24 heavy (non-hydrogen) atoms. The van der Waals surface area contributed by atoms with Crippen LogP contribution in [-0.4, -0.2) is 38.0 Å². The molecule has 0 aliphatic rings. The Morgan fingerprint density at radius 3 is 1.96 bits per heavy atom. The minimum atomic E-state index is -0.422. The number of carbonyl (C=O) groups excluding carboxylic acids is 2. The molecule has 5 nitrogen and oxygen atoms in total. The van der Waals surface area contributed by atoms with E-state index in [1.807, 2.05) is 31.2 Å². The molecule has 2 aromatic rings. The molecule has 0 radical (unpaired) electrons. The number of methoxy groups -OCH3 is 2. The van der Waals surface area contributed by atoms with Crippen LogP contribution in [0.5, 0.6) is 5.75 Å². The number of amides is 1. The van der Waals surface area contributed by atoms with Gasteiger partial charge in [-0.25, -0.2) is 4.79 Å². The van der Waals surface area contributed by atoms with Crippen molar-refractivity contribution < 1.29 is 19.1 Å². The van der Waals surface area contributed by atoms with Crippen LogP contribution in [0.25, 0.3) is 0 Å². The molecule has 5 heteroatoms. The van der Waals surface area contributed by atoms with Crippen LogP contribution in [0.3, 0.4) is 0 Å². The number of rotatable bonds is 5. The van der Waals surface area contributed by atoms with Crippen molar-refractivity contribution in [2.75, 3.05) is 21.3 Å². The zero-order valence-electron chi connectivity index (χ0n) is 14.3. The molecule has 1 atom stereocenters. The lowest BCUT2D eigenvalue weighted by atomic mass is 10.1. The van der Waals surface area contributed by atoms with Gasteiger partial charge in [-0.15, -0.1) is 0 Å². The molecule has 0 fully saturated rings. The van der Waals surface area contributed by atoms with Gasteiger partial charge in [0.15, 0.2) is 0 Å². The van der Waals surface area contributed by atoms with Crippen LogP contribution in [0.2, 0.25) is 0 Å². The zero-order valence-corrected chi connectivity index (χ0v) is 14.3. The molecule has 0 saturated heterocycles. The highest BCUT2D eigenvalue weighted by Gasteiger charge is 2.19. The molecule has 2 aromatic carbocycles. The Morgan fingerprint density at radius 2 is 1.46 bits per heavy atom. The van der Waals surface area contributed by atoms with E-state index >= 15 is 0 Å². The summed E-state index contributed by atoms with van der Waals surface area (Å²) in [4.78, 5) is 25.7. The van der Waals surface area contributed by atoms with Crippen molar-refractivity contribution in [3.63, 3.8) is 0 Å². The standard InChI is InChI=1S/C19H21NO4/c1-13(14-9-11-17(23-3)12-10-14)20(2)18(21)15-5-7-16(8-6-15)19(22)24-4/h5-13H,1-4H3. The second kappa shape index (κ2) is 7.64. The van der Waals surface area contributed by atoms with Crippen molar-refractivity contribution in [1.82, 2.24) is 4.90 Å². The van der Waals surface area contributed by atoms with E-state index in [9.17, 15) is 9.59 Å². The van der Waals surface area contributed by atoms with E-state index in [1.165, 1.54) is 7.11 Å². The largest absolute Gasteiger partial charge is 0.497 e. The minimum absolute atomic E-state index is 0.0938. The van der Waals surface area contributed by atoms with Crippen molar-refractivity contribution in [2.24, 2.45) is 0 Å². The van der Waals surface area contributed by atoms with Gasteiger partial charge in [0.25, 0.3) is 5.91 Å². The maximum Gasteiger partial charge on any atom is 0.337 e. The maximum atomic E-state index is 12.6. The summed E-state index contributed by atoms with van der Waals surface area (Å²) in [5.41, 5.74) is 1.95. The van der Waals surface area contributed by atoms with Gasteiger partial charge in [0.2, 0.25) is 0 Å². The normalized spacial score (nSPS) is 11.5. The zero-order chi connectivity index (χ0) is 17.7. The van der Waals surface area contributed by atoms with Crippen LogP contribution in [0.15, 0.2) is 48.5 Å². The first kappa shape index (κ1) is 17.5. The van der Waals surface area contributed by atoms with Crippen molar-refractivity contribution in [1.29, 1.82) is 0 Å². The summed E-state index contributed by atoms with van der Waals surface area (Å²) in [6, 6.07) is 14.0. The predicted octanol–water partition coefficient (Wildman–Crippen LogP) is 3.32. The summed E-state index contributed by atoms with van der Waals surface area (Å²) < 4.78 is 9.80. The lowest BCUT2D eigenvalue weighted by Gasteiger charge is -2.25. The summed E-state index contributed by atoms with van der Waals surface area (Å²) in [7, 11) is 4.70. The molecule has 0 bridgehead atoms. The Bertz CT molecular complexity index is 707. The van der Waals surface area contributed by atoms with Gasteiger partial charge in [0, 0.05) is 12.6 Å². The van der Waals surface area contributed by atoms with Gasteiger partial charge >= 0.3 is 5.97 Å². The third-order valence-corrected chi connectivity index (χ3v) is 4.05. The smallest absolute Gasteiger partial charge is 0.337 e. The third kappa shape index (κ3) is 3.74. The fourth-order valence-corrected chi connectivity index (χ4v) is 2.35. The Hall–Kier alpha value is -2.82. The molecular formula is C19H21NO4. The van der Waals surface area contributed by atoms with Crippen molar-refractivity contribution >= 4 is 11.9 Å². The summed E-state index contributed by atoms with van der Waals surface area (Å²) in [5.74, 6) is 0.238. The Labute approximate surface area is 141 Å². The van der Waals surface area contributed by atoms with Gasteiger partial charge in [-0.05, 0) is 48.9 Å². The Balaban J connectivity index is 2.14. The first-order chi connectivity index (χ1) is 11.5. The molecule has 0 spiro atoms. The van der Waals surface area contributed by atoms with Crippen molar-refractivity contribution in [2.45, 2.75) is 13.0 Å². The average Bonchev–Trinajstić information content (AvgIpc) is 2.65. The van der Waals surface area contributed by atoms with Gasteiger partial charge in [0.1, 0.15) is 5.75 Å². The quantitative estimate of drug-likeness (QED) is 0.791. The minimum Gasteiger partial charge on any atom is -0.497 e. The molecular weight excluding hydrogens is 306 g/mol. The van der Waals surface area contributed by atoms with Gasteiger partial charge in [-0.2, -0.15) is 0 Å². The average molecular weight is 327 g/mol. The van der Waals surface area contributed by atoms with Crippen LogP contribution in [0.4, 0.5) is 0 Å². The molecule has 2 rings (SSSR count). The topological polar surface area (TPSA) is 55.8 Å².